The number of rotatable bonds is 4. The maximum atomic E-state index is 12.5. The lowest BCUT2D eigenvalue weighted by molar-refractivity contribution is -0.146. The van der Waals surface area contributed by atoms with Crippen LogP contribution in [0.5, 0.6) is 0 Å². The average Bonchev–Trinajstić information content (AvgIpc) is 3.08. The van der Waals surface area contributed by atoms with Crippen molar-refractivity contribution in [1.82, 2.24) is 0 Å². The smallest absolute Gasteiger partial charge is 0.307 e. The molecule has 1 aromatic rings. The Hall–Kier alpha value is -1.75. The van der Waals surface area contributed by atoms with Gasteiger partial charge in [-0.1, -0.05) is 12.2 Å². The number of carboxylic acids is 1. The number of hydrogen-bond donors (Lipinski definition) is 2. The summed E-state index contributed by atoms with van der Waals surface area (Å²) >= 11 is 1.64. The van der Waals surface area contributed by atoms with Crippen molar-refractivity contribution >= 4 is 29.3 Å². The molecular formula is C16H17NO3S. The number of allylic oxidation sites excluding steroid dienone is 2. The summed E-state index contributed by atoms with van der Waals surface area (Å²) in [5.74, 6) is -2.05. The molecule has 4 unspecified atom stereocenters. The third-order valence-corrected chi connectivity index (χ3v) is 5.15. The number of fused-ring (bicyclic) bond motifs is 2. The third kappa shape index (κ3) is 2.58. The minimum Gasteiger partial charge on any atom is -0.481 e. The van der Waals surface area contributed by atoms with E-state index >= 15 is 0 Å². The molecule has 4 nitrogen and oxygen atoms in total. The number of anilines is 1. The Bertz CT molecular complexity index is 596. The second-order valence-electron chi connectivity index (χ2n) is 5.56. The molecule has 1 aromatic carbocycles. The van der Waals surface area contributed by atoms with E-state index in [1.807, 2.05) is 42.7 Å². The predicted octanol–water partition coefficient (Wildman–Crippen LogP) is 2.87. The van der Waals surface area contributed by atoms with Crippen molar-refractivity contribution in [2.75, 3.05) is 11.6 Å². The average molecular weight is 303 g/mol. The monoisotopic (exact) mass is 303 g/mol. The van der Waals surface area contributed by atoms with Gasteiger partial charge in [-0.2, -0.15) is 0 Å². The lowest BCUT2D eigenvalue weighted by Gasteiger charge is -2.23. The zero-order chi connectivity index (χ0) is 15.0. The summed E-state index contributed by atoms with van der Waals surface area (Å²) in [5, 5.41) is 12.2. The summed E-state index contributed by atoms with van der Waals surface area (Å²) in [5.41, 5.74) is 0.716. The minimum atomic E-state index is -0.871. The Morgan fingerprint density at radius 1 is 1.14 bits per heavy atom. The summed E-state index contributed by atoms with van der Waals surface area (Å²) in [6.45, 7) is 0. The second kappa shape index (κ2) is 5.56. The van der Waals surface area contributed by atoms with E-state index in [9.17, 15) is 14.7 Å². The van der Waals surface area contributed by atoms with Crippen molar-refractivity contribution < 1.29 is 14.7 Å². The Morgan fingerprint density at radius 3 is 2.33 bits per heavy atom. The molecule has 1 fully saturated rings. The van der Waals surface area contributed by atoms with Gasteiger partial charge in [0, 0.05) is 10.6 Å². The normalized spacial score (nSPS) is 29.6. The molecule has 2 aliphatic carbocycles. The molecule has 0 aromatic heterocycles. The molecule has 0 radical (unpaired) electrons. The lowest BCUT2D eigenvalue weighted by atomic mass is 9.82. The number of aliphatic carboxylic acids is 1. The maximum absolute atomic E-state index is 12.5. The van der Waals surface area contributed by atoms with Crippen molar-refractivity contribution in [3.63, 3.8) is 0 Å². The number of thioether (sulfide) groups is 1. The molecule has 0 heterocycles. The minimum absolute atomic E-state index is 0.00196. The summed E-state index contributed by atoms with van der Waals surface area (Å²) in [7, 11) is 0. The topological polar surface area (TPSA) is 66.4 Å². The van der Waals surface area contributed by atoms with Crippen LogP contribution < -0.4 is 5.32 Å². The van der Waals surface area contributed by atoms with Crippen LogP contribution in [0.3, 0.4) is 0 Å². The first kappa shape index (κ1) is 14.2. The van der Waals surface area contributed by atoms with Gasteiger partial charge in [0.2, 0.25) is 5.91 Å². The Labute approximate surface area is 127 Å². The van der Waals surface area contributed by atoms with Crippen LogP contribution in [0.1, 0.15) is 6.42 Å². The fraction of sp³-hybridized carbons (Fsp3) is 0.375. The van der Waals surface area contributed by atoms with E-state index in [0.29, 0.717) is 5.69 Å². The van der Waals surface area contributed by atoms with Gasteiger partial charge in [0.25, 0.3) is 0 Å². The van der Waals surface area contributed by atoms with Gasteiger partial charge in [0.1, 0.15) is 0 Å². The predicted molar refractivity (Wildman–Crippen MR) is 82.2 cm³/mol. The van der Waals surface area contributed by atoms with E-state index < -0.39 is 17.8 Å². The molecule has 0 aliphatic heterocycles. The molecule has 21 heavy (non-hydrogen) atoms. The molecular weight excluding hydrogens is 286 g/mol. The SMILES string of the molecule is CSc1ccc(NC(=O)C2C3C=CC(C3)C2C(=O)O)cc1. The van der Waals surface area contributed by atoms with Crippen LogP contribution in [0.15, 0.2) is 41.3 Å². The first-order valence-corrected chi connectivity index (χ1v) is 8.18. The molecule has 0 spiro atoms. The first-order chi connectivity index (χ1) is 10.1. The second-order valence-corrected chi connectivity index (χ2v) is 6.44. The number of hydrogen-bond acceptors (Lipinski definition) is 3. The fourth-order valence-corrected chi connectivity index (χ4v) is 3.82. The molecule has 4 atom stereocenters. The van der Waals surface area contributed by atoms with E-state index in [2.05, 4.69) is 5.32 Å². The molecule has 2 aliphatic rings. The molecule has 5 heteroatoms. The van der Waals surface area contributed by atoms with Crippen LogP contribution in [-0.4, -0.2) is 23.2 Å². The van der Waals surface area contributed by atoms with Crippen LogP contribution in [0.2, 0.25) is 0 Å². The number of benzene rings is 1. The van der Waals surface area contributed by atoms with Gasteiger partial charge in [-0.3, -0.25) is 9.59 Å². The van der Waals surface area contributed by atoms with Crippen LogP contribution in [0.25, 0.3) is 0 Å². The standard InChI is InChI=1S/C16H17NO3S/c1-21-12-6-4-11(5-7-12)17-15(18)13-9-2-3-10(8-9)14(13)16(19)20/h2-7,9-10,13-14H,8H2,1H3,(H,17,18)(H,19,20). The van der Waals surface area contributed by atoms with Crippen molar-refractivity contribution in [3.8, 4) is 0 Å². The lowest BCUT2D eigenvalue weighted by Crippen LogP contribution is -2.36. The largest absolute Gasteiger partial charge is 0.481 e. The summed E-state index contributed by atoms with van der Waals surface area (Å²) in [6.07, 6.45) is 6.71. The van der Waals surface area contributed by atoms with E-state index in [0.717, 1.165) is 11.3 Å². The highest BCUT2D eigenvalue weighted by Crippen LogP contribution is 2.48. The molecule has 1 saturated carbocycles. The zero-order valence-electron chi connectivity index (χ0n) is 11.7. The van der Waals surface area contributed by atoms with Crippen LogP contribution in [0, 0.1) is 23.7 Å². The number of carboxylic acid groups (broad SMARTS) is 1. The van der Waals surface area contributed by atoms with Crippen molar-refractivity contribution in [3.05, 3.63) is 36.4 Å². The Morgan fingerprint density at radius 2 is 1.76 bits per heavy atom. The van der Waals surface area contributed by atoms with Gasteiger partial charge in [-0.05, 0) is 48.8 Å². The number of nitrogens with one attached hydrogen (secondary N) is 1. The van der Waals surface area contributed by atoms with Gasteiger partial charge in [0.15, 0.2) is 0 Å². The van der Waals surface area contributed by atoms with Crippen molar-refractivity contribution in [2.24, 2.45) is 23.7 Å². The van der Waals surface area contributed by atoms with Gasteiger partial charge in [0.05, 0.1) is 11.8 Å². The maximum Gasteiger partial charge on any atom is 0.307 e. The fourth-order valence-electron chi connectivity index (χ4n) is 3.42. The van der Waals surface area contributed by atoms with Crippen LogP contribution in [-0.2, 0) is 9.59 Å². The van der Waals surface area contributed by atoms with Crippen molar-refractivity contribution in [1.29, 1.82) is 0 Å². The van der Waals surface area contributed by atoms with E-state index in [1.54, 1.807) is 11.8 Å². The van der Waals surface area contributed by atoms with Gasteiger partial charge < -0.3 is 10.4 Å². The Kier molecular flexibility index (Phi) is 3.76. The van der Waals surface area contributed by atoms with Gasteiger partial charge >= 0.3 is 5.97 Å². The highest BCUT2D eigenvalue weighted by Gasteiger charge is 2.51. The summed E-state index contributed by atoms with van der Waals surface area (Å²) < 4.78 is 0. The highest BCUT2D eigenvalue weighted by atomic mass is 32.2. The number of carbonyl (C=O) groups is 2. The number of carbonyl (C=O) groups excluding carboxylic acids is 1. The zero-order valence-corrected chi connectivity index (χ0v) is 12.5. The molecule has 110 valence electrons. The van der Waals surface area contributed by atoms with Crippen molar-refractivity contribution in [2.45, 2.75) is 11.3 Å². The van der Waals surface area contributed by atoms with E-state index in [4.69, 9.17) is 0 Å². The van der Waals surface area contributed by atoms with Gasteiger partial charge in [-0.15, -0.1) is 11.8 Å². The molecule has 2 N–H and O–H groups in total. The molecule has 2 bridgehead atoms. The van der Waals surface area contributed by atoms with Crippen LogP contribution >= 0.6 is 11.8 Å². The van der Waals surface area contributed by atoms with Gasteiger partial charge in [-0.25, -0.2) is 0 Å². The Balaban J connectivity index is 1.75. The van der Waals surface area contributed by atoms with E-state index in [-0.39, 0.29) is 17.7 Å². The van der Waals surface area contributed by atoms with E-state index in [1.165, 1.54) is 0 Å². The summed E-state index contributed by atoms with van der Waals surface area (Å²) in [4.78, 5) is 25.0. The molecule has 3 rings (SSSR count). The third-order valence-electron chi connectivity index (χ3n) is 4.40. The van der Waals surface area contributed by atoms with Crippen LogP contribution in [0.4, 0.5) is 5.69 Å². The quantitative estimate of drug-likeness (QED) is 0.663. The molecule has 1 amide bonds. The number of amides is 1. The highest BCUT2D eigenvalue weighted by molar-refractivity contribution is 7.98. The molecule has 0 saturated heterocycles. The first-order valence-electron chi connectivity index (χ1n) is 6.96. The summed E-state index contributed by atoms with van der Waals surface area (Å²) in [6, 6.07) is 7.58.